The Hall–Kier alpha value is -3.86. The largest absolute Gasteiger partial charge is 0.489 e. The van der Waals surface area contributed by atoms with E-state index >= 15 is 0 Å². The van der Waals surface area contributed by atoms with Crippen LogP contribution in [0.4, 0.5) is 0 Å². The van der Waals surface area contributed by atoms with E-state index in [0.717, 1.165) is 16.9 Å². The van der Waals surface area contributed by atoms with Crippen molar-refractivity contribution in [3.05, 3.63) is 95.6 Å². The first-order valence-corrected chi connectivity index (χ1v) is 11.2. The number of hydrogen-bond acceptors (Lipinski definition) is 6. The van der Waals surface area contributed by atoms with Crippen LogP contribution in [0.25, 0.3) is 0 Å². The second-order valence-electron chi connectivity index (χ2n) is 7.72. The van der Waals surface area contributed by atoms with Crippen LogP contribution in [0.5, 0.6) is 11.5 Å². The molecule has 0 saturated carbocycles. The van der Waals surface area contributed by atoms with Crippen LogP contribution in [-0.2, 0) is 17.8 Å². The third-order valence-corrected chi connectivity index (χ3v) is 4.98. The summed E-state index contributed by atoms with van der Waals surface area (Å²) >= 11 is 0. The molecule has 7 heteroatoms. The van der Waals surface area contributed by atoms with Crippen LogP contribution >= 0.6 is 0 Å². The highest BCUT2D eigenvalue weighted by Gasteiger charge is 2.08. The minimum absolute atomic E-state index is 0.0725. The van der Waals surface area contributed by atoms with E-state index in [1.54, 1.807) is 24.3 Å². The molecular weight excluding hydrogens is 430 g/mol. The fraction of sp³-hybridized carbons (Fsp3) is 0.259. The number of benzene rings is 3. The van der Waals surface area contributed by atoms with Crippen LogP contribution in [-0.4, -0.2) is 43.4 Å². The van der Waals surface area contributed by atoms with Gasteiger partial charge < -0.3 is 25.2 Å². The van der Waals surface area contributed by atoms with Crippen LogP contribution in [0.15, 0.2) is 78.9 Å². The number of hydrogen-bond donors (Lipinski definition) is 3. The first-order chi connectivity index (χ1) is 16.6. The molecule has 0 aromatic heterocycles. The molecule has 34 heavy (non-hydrogen) atoms. The molecule has 0 aliphatic rings. The first-order valence-electron chi connectivity index (χ1n) is 11.2. The lowest BCUT2D eigenvalue weighted by molar-refractivity contribution is -0.120. The molecule has 1 unspecified atom stereocenters. The molecule has 0 aliphatic heterocycles. The molecule has 0 saturated heterocycles. The molecule has 0 heterocycles. The number of rotatable bonds is 13. The highest BCUT2D eigenvalue weighted by molar-refractivity contribution is 5.78. The fourth-order valence-electron chi connectivity index (χ4n) is 3.18. The molecule has 3 aromatic carbocycles. The number of nitrogens with one attached hydrogen (secondary N) is 2. The molecule has 3 aromatic rings. The first kappa shape index (κ1) is 24.8. The van der Waals surface area contributed by atoms with Crippen molar-refractivity contribution in [2.75, 3.05) is 26.2 Å². The van der Waals surface area contributed by atoms with Gasteiger partial charge in [0.1, 0.15) is 36.9 Å². The molecule has 7 nitrogen and oxygen atoms in total. The van der Waals surface area contributed by atoms with Crippen molar-refractivity contribution in [1.82, 2.24) is 10.6 Å². The van der Waals surface area contributed by atoms with E-state index in [-0.39, 0.29) is 18.9 Å². The monoisotopic (exact) mass is 459 g/mol. The summed E-state index contributed by atoms with van der Waals surface area (Å²) in [5.41, 5.74) is 2.44. The van der Waals surface area contributed by atoms with Gasteiger partial charge in [-0.15, -0.1) is 0 Å². The molecular formula is C27H29N3O4. The average Bonchev–Trinajstić information content (AvgIpc) is 2.87. The summed E-state index contributed by atoms with van der Waals surface area (Å²) in [6.45, 7) is 1.85. The van der Waals surface area contributed by atoms with Crippen LogP contribution in [0, 0.1) is 11.3 Å². The van der Waals surface area contributed by atoms with E-state index in [1.807, 2.05) is 54.6 Å². The predicted molar refractivity (Wildman–Crippen MR) is 129 cm³/mol. The van der Waals surface area contributed by atoms with Crippen molar-refractivity contribution in [1.29, 1.82) is 5.26 Å². The zero-order valence-corrected chi connectivity index (χ0v) is 18.9. The van der Waals surface area contributed by atoms with Crippen molar-refractivity contribution in [3.8, 4) is 17.6 Å². The number of nitriles is 1. The maximum Gasteiger partial charge on any atom is 0.224 e. The van der Waals surface area contributed by atoms with Crippen molar-refractivity contribution in [2.24, 2.45) is 0 Å². The summed E-state index contributed by atoms with van der Waals surface area (Å²) in [5.74, 6) is 1.14. The Morgan fingerprint density at radius 2 is 1.65 bits per heavy atom. The highest BCUT2D eigenvalue weighted by atomic mass is 16.5. The maximum atomic E-state index is 12.2. The number of ether oxygens (including phenoxy) is 2. The molecule has 1 atom stereocenters. The summed E-state index contributed by atoms with van der Waals surface area (Å²) in [7, 11) is 0. The molecule has 1 amide bonds. The SMILES string of the molecule is N#Cc1ccccc1OCC(O)CNCCNC(=O)Cc1ccc(OCc2ccccc2)cc1. The molecule has 0 bridgehead atoms. The van der Waals surface area contributed by atoms with Gasteiger partial charge in [0, 0.05) is 19.6 Å². The maximum absolute atomic E-state index is 12.2. The third-order valence-electron chi connectivity index (χ3n) is 4.98. The van der Waals surface area contributed by atoms with Gasteiger partial charge in [0.05, 0.1) is 12.0 Å². The van der Waals surface area contributed by atoms with Gasteiger partial charge in [-0.2, -0.15) is 5.26 Å². The summed E-state index contributed by atoms with van der Waals surface area (Å²) in [6, 6.07) is 26.4. The molecule has 176 valence electrons. The Morgan fingerprint density at radius 3 is 2.41 bits per heavy atom. The van der Waals surface area contributed by atoms with E-state index in [9.17, 15) is 9.90 Å². The number of nitrogens with zero attached hydrogens (tertiary/aromatic N) is 1. The van der Waals surface area contributed by atoms with Crippen molar-refractivity contribution in [2.45, 2.75) is 19.1 Å². The van der Waals surface area contributed by atoms with E-state index in [1.165, 1.54) is 0 Å². The Kier molecular flexibility index (Phi) is 9.93. The minimum atomic E-state index is -0.731. The van der Waals surface area contributed by atoms with Crippen LogP contribution < -0.4 is 20.1 Å². The summed E-state index contributed by atoms with van der Waals surface area (Å²) in [5, 5.41) is 25.0. The number of aliphatic hydroxyl groups is 1. The smallest absolute Gasteiger partial charge is 0.224 e. The zero-order valence-electron chi connectivity index (χ0n) is 18.9. The van der Waals surface area contributed by atoms with E-state index < -0.39 is 6.10 Å². The van der Waals surface area contributed by atoms with Gasteiger partial charge in [0.25, 0.3) is 0 Å². The number of carbonyl (C=O) groups excluding carboxylic acids is 1. The molecule has 0 spiro atoms. The Labute approximate surface area is 200 Å². The van der Waals surface area contributed by atoms with E-state index in [2.05, 4.69) is 16.7 Å². The number of para-hydroxylation sites is 1. The van der Waals surface area contributed by atoms with Gasteiger partial charge in [-0.05, 0) is 35.4 Å². The standard InChI is InChI=1S/C27H29N3O4/c28-17-23-8-4-5-9-26(23)34-20-24(31)18-29-14-15-30-27(32)16-21-10-12-25(13-11-21)33-19-22-6-2-1-3-7-22/h1-13,24,29,31H,14-16,18-20H2,(H,30,32). The van der Waals surface area contributed by atoms with Crippen molar-refractivity contribution >= 4 is 5.91 Å². The summed E-state index contributed by atoms with van der Waals surface area (Å²) in [6.07, 6.45) is -0.446. The van der Waals surface area contributed by atoms with Crippen LogP contribution in [0.3, 0.4) is 0 Å². The average molecular weight is 460 g/mol. The predicted octanol–water partition coefficient (Wildman–Crippen LogP) is 2.83. The van der Waals surface area contributed by atoms with Gasteiger partial charge in [-0.1, -0.05) is 54.6 Å². The second-order valence-corrected chi connectivity index (χ2v) is 7.72. The highest BCUT2D eigenvalue weighted by Crippen LogP contribution is 2.16. The van der Waals surface area contributed by atoms with Gasteiger partial charge in [-0.3, -0.25) is 4.79 Å². The molecule has 0 radical (unpaired) electrons. The fourth-order valence-corrected chi connectivity index (χ4v) is 3.18. The van der Waals surface area contributed by atoms with E-state index in [4.69, 9.17) is 14.7 Å². The van der Waals surface area contributed by atoms with Gasteiger partial charge in [0.15, 0.2) is 0 Å². The van der Waals surface area contributed by atoms with Crippen LogP contribution in [0.1, 0.15) is 16.7 Å². The Bertz CT molecular complexity index is 1070. The van der Waals surface area contributed by atoms with Crippen molar-refractivity contribution in [3.63, 3.8) is 0 Å². The minimum Gasteiger partial charge on any atom is -0.489 e. The molecule has 0 fully saturated rings. The summed E-state index contributed by atoms with van der Waals surface area (Å²) < 4.78 is 11.3. The Morgan fingerprint density at radius 1 is 0.912 bits per heavy atom. The number of carbonyl (C=O) groups is 1. The molecule has 0 aliphatic carbocycles. The zero-order chi connectivity index (χ0) is 24.0. The van der Waals surface area contributed by atoms with Crippen molar-refractivity contribution < 1.29 is 19.4 Å². The quantitative estimate of drug-likeness (QED) is 0.340. The lowest BCUT2D eigenvalue weighted by Crippen LogP contribution is -2.37. The lowest BCUT2D eigenvalue weighted by Gasteiger charge is -2.14. The number of amides is 1. The lowest BCUT2D eigenvalue weighted by atomic mass is 10.1. The molecule has 3 N–H and O–H groups in total. The topological polar surface area (TPSA) is 104 Å². The van der Waals surface area contributed by atoms with Gasteiger partial charge in [0.2, 0.25) is 5.91 Å². The molecule has 3 rings (SSSR count). The summed E-state index contributed by atoms with van der Waals surface area (Å²) in [4.78, 5) is 12.2. The third kappa shape index (κ3) is 8.58. The second kappa shape index (κ2) is 13.6. The van der Waals surface area contributed by atoms with Gasteiger partial charge >= 0.3 is 0 Å². The van der Waals surface area contributed by atoms with E-state index in [0.29, 0.717) is 37.6 Å². The Balaban J connectivity index is 1.27. The van der Waals surface area contributed by atoms with Gasteiger partial charge in [-0.25, -0.2) is 0 Å². The normalized spacial score (nSPS) is 11.3. The van der Waals surface area contributed by atoms with Crippen LogP contribution in [0.2, 0.25) is 0 Å². The number of aliphatic hydroxyl groups excluding tert-OH is 1.